The van der Waals surface area contributed by atoms with E-state index in [4.69, 9.17) is 5.73 Å². The number of rotatable bonds is 4. The van der Waals surface area contributed by atoms with E-state index in [9.17, 15) is 5.11 Å². The Morgan fingerprint density at radius 3 is 2.53 bits per heavy atom. The average Bonchev–Trinajstić information content (AvgIpc) is 2.15. The highest BCUT2D eigenvalue weighted by molar-refractivity contribution is 9.10. The van der Waals surface area contributed by atoms with Gasteiger partial charge >= 0.3 is 0 Å². The Bertz CT molecular complexity index is 325. The molecule has 2 nitrogen and oxygen atoms in total. The second kappa shape index (κ2) is 5.52. The summed E-state index contributed by atoms with van der Waals surface area (Å²) in [5.41, 5.74) is 6.85. The van der Waals surface area contributed by atoms with Gasteiger partial charge in [0.05, 0.1) is 0 Å². The van der Waals surface area contributed by atoms with Crippen LogP contribution in [0.1, 0.15) is 31.7 Å². The van der Waals surface area contributed by atoms with Gasteiger partial charge in [-0.3, -0.25) is 0 Å². The summed E-state index contributed by atoms with van der Waals surface area (Å²) in [7, 11) is 0. The fourth-order valence-electron chi connectivity index (χ4n) is 1.84. The molecule has 3 N–H and O–H groups in total. The second-order valence-electron chi connectivity index (χ2n) is 4.13. The summed E-state index contributed by atoms with van der Waals surface area (Å²) in [5, 5.41) is 9.33. The van der Waals surface area contributed by atoms with Gasteiger partial charge in [-0.25, -0.2) is 0 Å². The van der Waals surface area contributed by atoms with Crippen LogP contribution >= 0.6 is 15.9 Å². The zero-order valence-corrected chi connectivity index (χ0v) is 10.8. The van der Waals surface area contributed by atoms with Gasteiger partial charge < -0.3 is 10.8 Å². The summed E-state index contributed by atoms with van der Waals surface area (Å²) < 4.78 is 0.967. The van der Waals surface area contributed by atoms with Crippen molar-refractivity contribution in [1.82, 2.24) is 0 Å². The fourth-order valence-corrected chi connectivity index (χ4v) is 2.51. The SMILES string of the molecule is CC(C)C(CCN)c1ccc(O)cc1Br. The molecule has 0 aromatic heterocycles. The quantitative estimate of drug-likeness (QED) is 0.883. The average molecular weight is 272 g/mol. The van der Waals surface area contributed by atoms with Crippen molar-refractivity contribution < 1.29 is 5.11 Å². The van der Waals surface area contributed by atoms with E-state index in [1.54, 1.807) is 12.1 Å². The number of nitrogens with two attached hydrogens (primary N) is 1. The largest absolute Gasteiger partial charge is 0.508 e. The van der Waals surface area contributed by atoms with E-state index < -0.39 is 0 Å². The fraction of sp³-hybridized carbons (Fsp3) is 0.500. The predicted octanol–water partition coefficient (Wildman–Crippen LogP) is 3.24. The molecule has 0 aliphatic carbocycles. The van der Waals surface area contributed by atoms with Crippen molar-refractivity contribution in [2.75, 3.05) is 6.54 Å². The van der Waals surface area contributed by atoms with Crippen LogP contribution in [-0.4, -0.2) is 11.7 Å². The Hall–Kier alpha value is -0.540. The van der Waals surface area contributed by atoms with Crippen molar-refractivity contribution in [2.24, 2.45) is 11.7 Å². The summed E-state index contributed by atoms with van der Waals surface area (Å²) in [6.45, 7) is 5.08. The lowest BCUT2D eigenvalue weighted by molar-refractivity contribution is 0.463. The van der Waals surface area contributed by atoms with Gasteiger partial charge in [0, 0.05) is 4.47 Å². The molecule has 1 aromatic carbocycles. The first-order chi connectivity index (χ1) is 7.06. The highest BCUT2D eigenvalue weighted by Gasteiger charge is 2.17. The number of hydrogen-bond acceptors (Lipinski definition) is 2. The van der Waals surface area contributed by atoms with Crippen molar-refractivity contribution in [2.45, 2.75) is 26.2 Å². The van der Waals surface area contributed by atoms with E-state index in [1.165, 1.54) is 5.56 Å². The Morgan fingerprint density at radius 1 is 1.40 bits per heavy atom. The Morgan fingerprint density at radius 2 is 2.07 bits per heavy atom. The Kier molecular flexibility index (Phi) is 4.61. The van der Waals surface area contributed by atoms with Crippen molar-refractivity contribution in [1.29, 1.82) is 0 Å². The monoisotopic (exact) mass is 271 g/mol. The van der Waals surface area contributed by atoms with Crippen LogP contribution in [0.3, 0.4) is 0 Å². The van der Waals surface area contributed by atoms with Crippen molar-refractivity contribution in [3.63, 3.8) is 0 Å². The number of aromatic hydroxyl groups is 1. The van der Waals surface area contributed by atoms with Gasteiger partial charge in [0.15, 0.2) is 0 Å². The van der Waals surface area contributed by atoms with Crippen LogP contribution < -0.4 is 5.73 Å². The molecule has 15 heavy (non-hydrogen) atoms. The first kappa shape index (κ1) is 12.5. The van der Waals surface area contributed by atoms with E-state index in [0.29, 0.717) is 24.1 Å². The summed E-state index contributed by atoms with van der Waals surface area (Å²) in [5.74, 6) is 1.29. The molecule has 1 rings (SSSR count). The number of phenols is 1. The third-order valence-electron chi connectivity index (χ3n) is 2.67. The van der Waals surface area contributed by atoms with Crippen LogP contribution in [0.5, 0.6) is 5.75 Å². The zero-order valence-electron chi connectivity index (χ0n) is 9.20. The molecule has 0 saturated carbocycles. The third kappa shape index (κ3) is 3.21. The normalized spacial score (nSPS) is 13.1. The molecule has 0 spiro atoms. The number of phenolic OH excluding ortho intramolecular Hbond substituents is 1. The van der Waals surface area contributed by atoms with E-state index in [2.05, 4.69) is 29.8 Å². The van der Waals surface area contributed by atoms with Crippen LogP contribution in [0, 0.1) is 5.92 Å². The van der Waals surface area contributed by atoms with Gasteiger partial charge in [-0.1, -0.05) is 35.8 Å². The molecule has 84 valence electrons. The topological polar surface area (TPSA) is 46.2 Å². The smallest absolute Gasteiger partial charge is 0.116 e. The van der Waals surface area contributed by atoms with E-state index >= 15 is 0 Å². The number of hydrogen-bond donors (Lipinski definition) is 2. The van der Waals surface area contributed by atoms with Crippen molar-refractivity contribution in [3.8, 4) is 5.75 Å². The van der Waals surface area contributed by atoms with Gasteiger partial charge in [-0.05, 0) is 42.5 Å². The molecule has 0 aliphatic heterocycles. The van der Waals surface area contributed by atoms with Crippen LogP contribution in [0.2, 0.25) is 0 Å². The number of benzene rings is 1. The summed E-state index contributed by atoms with van der Waals surface area (Å²) in [6, 6.07) is 5.44. The van der Waals surface area contributed by atoms with Crippen LogP contribution in [0.15, 0.2) is 22.7 Å². The van der Waals surface area contributed by atoms with Gasteiger partial charge in [0.1, 0.15) is 5.75 Å². The molecule has 3 heteroatoms. The maximum atomic E-state index is 9.33. The Labute approximate surface area is 99.6 Å². The number of halogens is 1. The standard InChI is InChI=1S/C12H18BrNO/c1-8(2)10(5-6-14)11-4-3-9(15)7-12(11)13/h3-4,7-8,10,15H,5-6,14H2,1-2H3. The molecule has 1 atom stereocenters. The molecule has 0 fully saturated rings. The van der Waals surface area contributed by atoms with Gasteiger partial charge in [0.2, 0.25) is 0 Å². The molecule has 0 heterocycles. The minimum Gasteiger partial charge on any atom is -0.508 e. The lowest BCUT2D eigenvalue weighted by Gasteiger charge is -2.22. The maximum Gasteiger partial charge on any atom is 0.116 e. The molecule has 0 aliphatic rings. The van der Waals surface area contributed by atoms with Gasteiger partial charge in [-0.15, -0.1) is 0 Å². The first-order valence-electron chi connectivity index (χ1n) is 5.24. The van der Waals surface area contributed by atoms with Crippen LogP contribution in [0.4, 0.5) is 0 Å². The van der Waals surface area contributed by atoms with Crippen molar-refractivity contribution in [3.05, 3.63) is 28.2 Å². The lowest BCUT2D eigenvalue weighted by Crippen LogP contribution is -2.13. The third-order valence-corrected chi connectivity index (χ3v) is 3.35. The highest BCUT2D eigenvalue weighted by atomic mass is 79.9. The molecule has 0 bridgehead atoms. The molecule has 1 aromatic rings. The molecular weight excluding hydrogens is 254 g/mol. The summed E-state index contributed by atoms with van der Waals surface area (Å²) in [4.78, 5) is 0. The Balaban J connectivity index is 3.00. The minimum absolute atomic E-state index is 0.292. The first-order valence-corrected chi connectivity index (χ1v) is 6.04. The predicted molar refractivity (Wildman–Crippen MR) is 67.1 cm³/mol. The second-order valence-corrected chi connectivity index (χ2v) is 4.99. The van der Waals surface area contributed by atoms with Crippen molar-refractivity contribution >= 4 is 15.9 Å². The zero-order chi connectivity index (χ0) is 11.4. The summed E-state index contributed by atoms with van der Waals surface area (Å²) in [6.07, 6.45) is 0.973. The van der Waals surface area contributed by atoms with Crippen LogP contribution in [0.25, 0.3) is 0 Å². The molecule has 0 amide bonds. The van der Waals surface area contributed by atoms with E-state index in [0.717, 1.165) is 10.9 Å². The molecular formula is C12H18BrNO. The van der Waals surface area contributed by atoms with Gasteiger partial charge in [-0.2, -0.15) is 0 Å². The van der Waals surface area contributed by atoms with E-state index in [-0.39, 0.29) is 0 Å². The highest BCUT2D eigenvalue weighted by Crippen LogP contribution is 2.34. The molecule has 0 saturated heterocycles. The molecule has 1 unspecified atom stereocenters. The van der Waals surface area contributed by atoms with Crippen LogP contribution in [-0.2, 0) is 0 Å². The van der Waals surface area contributed by atoms with E-state index in [1.807, 2.05) is 6.07 Å². The summed E-state index contributed by atoms with van der Waals surface area (Å²) >= 11 is 3.49. The molecule has 0 radical (unpaired) electrons. The van der Waals surface area contributed by atoms with Gasteiger partial charge in [0.25, 0.3) is 0 Å². The maximum absolute atomic E-state index is 9.33. The minimum atomic E-state index is 0.292. The lowest BCUT2D eigenvalue weighted by atomic mass is 9.86.